The molecule has 0 saturated heterocycles. The largest absolute Gasteiger partial charge is 0.374 e. The lowest BCUT2D eigenvalue weighted by Gasteiger charge is -2.11. The molecule has 2 heteroatoms. The summed E-state index contributed by atoms with van der Waals surface area (Å²) in [5.74, 6) is 0.0497. The van der Waals surface area contributed by atoms with Gasteiger partial charge in [-0.25, -0.2) is 0 Å². The number of benzene rings is 1. The van der Waals surface area contributed by atoms with Crippen LogP contribution in [0.1, 0.15) is 28.4 Å². The van der Waals surface area contributed by atoms with Crippen molar-refractivity contribution in [1.29, 1.82) is 0 Å². The highest BCUT2D eigenvalue weighted by Gasteiger charge is 2.16. The van der Waals surface area contributed by atoms with Crippen LogP contribution >= 0.6 is 0 Å². The molecule has 0 N–H and O–H groups in total. The number of carbonyl (C=O) groups excluding carboxylic acids is 1. The van der Waals surface area contributed by atoms with E-state index in [-0.39, 0.29) is 11.9 Å². The van der Waals surface area contributed by atoms with Gasteiger partial charge in [0, 0.05) is 12.7 Å². The Morgan fingerprint density at radius 2 is 2.00 bits per heavy atom. The zero-order valence-electron chi connectivity index (χ0n) is 9.13. The van der Waals surface area contributed by atoms with E-state index in [1.54, 1.807) is 14.0 Å². The summed E-state index contributed by atoms with van der Waals surface area (Å²) >= 11 is 0. The molecule has 0 spiro atoms. The topological polar surface area (TPSA) is 26.3 Å². The molecule has 0 radical (unpaired) electrons. The average molecular weight is 192 g/mol. The van der Waals surface area contributed by atoms with E-state index in [1.165, 1.54) is 0 Å². The highest BCUT2D eigenvalue weighted by atomic mass is 16.5. The molecule has 0 saturated carbocycles. The maximum atomic E-state index is 11.8. The second kappa shape index (κ2) is 4.38. The Labute approximate surface area is 84.9 Å². The number of hydrogen-bond acceptors (Lipinski definition) is 2. The summed E-state index contributed by atoms with van der Waals surface area (Å²) in [6.07, 6.45) is -0.365. The smallest absolute Gasteiger partial charge is 0.191 e. The van der Waals surface area contributed by atoms with Gasteiger partial charge in [0.05, 0.1) is 0 Å². The van der Waals surface area contributed by atoms with Crippen LogP contribution in [0.5, 0.6) is 0 Å². The minimum Gasteiger partial charge on any atom is -0.374 e. The van der Waals surface area contributed by atoms with Crippen molar-refractivity contribution in [3.05, 3.63) is 34.9 Å². The van der Waals surface area contributed by atoms with E-state index < -0.39 is 0 Å². The van der Waals surface area contributed by atoms with Crippen LogP contribution in [-0.2, 0) is 4.74 Å². The first-order chi connectivity index (χ1) is 6.57. The Balaban J connectivity index is 3.07. The van der Waals surface area contributed by atoms with Crippen LogP contribution in [0.4, 0.5) is 0 Å². The molecule has 0 bridgehead atoms. The van der Waals surface area contributed by atoms with Crippen molar-refractivity contribution in [3.63, 3.8) is 0 Å². The van der Waals surface area contributed by atoms with Crippen LogP contribution in [0.3, 0.4) is 0 Å². The maximum absolute atomic E-state index is 11.8. The molecule has 1 rings (SSSR count). The summed E-state index contributed by atoms with van der Waals surface area (Å²) < 4.78 is 5.01. The van der Waals surface area contributed by atoms with Crippen LogP contribution < -0.4 is 0 Å². The van der Waals surface area contributed by atoms with Gasteiger partial charge in [-0.2, -0.15) is 0 Å². The molecule has 76 valence electrons. The second-order valence-electron chi connectivity index (χ2n) is 3.49. The highest BCUT2D eigenvalue weighted by Crippen LogP contribution is 2.15. The molecule has 2 nitrogen and oxygen atoms in total. The van der Waals surface area contributed by atoms with Crippen LogP contribution in [0.2, 0.25) is 0 Å². The molecule has 1 atom stereocenters. The highest BCUT2D eigenvalue weighted by molar-refractivity contribution is 6.00. The second-order valence-corrected chi connectivity index (χ2v) is 3.49. The number of rotatable bonds is 3. The number of carbonyl (C=O) groups is 1. The van der Waals surface area contributed by atoms with Crippen LogP contribution in [0, 0.1) is 13.8 Å². The fourth-order valence-corrected chi connectivity index (χ4v) is 1.34. The van der Waals surface area contributed by atoms with Crippen LogP contribution in [0.15, 0.2) is 18.2 Å². The molecular formula is C12H16O2. The summed E-state index contributed by atoms with van der Waals surface area (Å²) in [6, 6.07) is 5.75. The minimum absolute atomic E-state index is 0.0497. The number of aryl methyl sites for hydroxylation is 1. The number of methoxy groups -OCH3 is 1. The monoisotopic (exact) mass is 192 g/mol. The van der Waals surface area contributed by atoms with Crippen molar-refractivity contribution < 1.29 is 9.53 Å². The average Bonchev–Trinajstić information content (AvgIpc) is 2.20. The van der Waals surface area contributed by atoms with Crippen molar-refractivity contribution in [2.24, 2.45) is 0 Å². The Hall–Kier alpha value is -1.15. The quantitative estimate of drug-likeness (QED) is 0.688. The van der Waals surface area contributed by atoms with Crippen molar-refractivity contribution in [2.75, 3.05) is 7.11 Å². The number of hydrogen-bond donors (Lipinski definition) is 0. The Kier molecular flexibility index (Phi) is 3.42. The summed E-state index contributed by atoms with van der Waals surface area (Å²) in [5.41, 5.74) is 2.94. The van der Waals surface area contributed by atoms with Gasteiger partial charge < -0.3 is 4.74 Å². The van der Waals surface area contributed by atoms with Crippen LogP contribution in [0.25, 0.3) is 0 Å². The molecule has 0 aliphatic rings. The van der Waals surface area contributed by atoms with E-state index in [1.807, 2.05) is 32.0 Å². The van der Waals surface area contributed by atoms with E-state index >= 15 is 0 Å². The zero-order valence-corrected chi connectivity index (χ0v) is 9.13. The molecule has 0 aliphatic heterocycles. The molecule has 1 unspecified atom stereocenters. The van der Waals surface area contributed by atoms with Gasteiger partial charge >= 0.3 is 0 Å². The van der Waals surface area contributed by atoms with Gasteiger partial charge in [0.1, 0.15) is 6.10 Å². The Bertz CT molecular complexity index is 342. The number of ketones is 1. The lowest BCUT2D eigenvalue weighted by atomic mass is 9.98. The van der Waals surface area contributed by atoms with Crippen LogP contribution in [-0.4, -0.2) is 19.0 Å². The van der Waals surface area contributed by atoms with E-state index in [4.69, 9.17) is 4.74 Å². The van der Waals surface area contributed by atoms with Gasteiger partial charge in [-0.3, -0.25) is 4.79 Å². The summed E-state index contributed by atoms with van der Waals surface area (Å²) in [7, 11) is 1.55. The van der Waals surface area contributed by atoms with Crippen molar-refractivity contribution >= 4 is 5.78 Å². The fraction of sp³-hybridized carbons (Fsp3) is 0.417. The predicted octanol–water partition coefficient (Wildman–Crippen LogP) is 2.52. The molecule has 0 fully saturated rings. The molecule has 0 heterocycles. The van der Waals surface area contributed by atoms with Gasteiger partial charge in [-0.1, -0.05) is 18.2 Å². The molecular weight excluding hydrogens is 176 g/mol. The van der Waals surface area contributed by atoms with Gasteiger partial charge in [-0.05, 0) is 31.9 Å². The lowest BCUT2D eigenvalue weighted by Crippen LogP contribution is -2.20. The Morgan fingerprint density at radius 1 is 1.36 bits per heavy atom. The third kappa shape index (κ3) is 2.02. The van der Waals surface area contributed by atoms with Crippen molar-refractivity contribution in [3.8, 4) is 0 Å². The zero-order chi connectivity index (χ0) is 10.7. The molecule has 14 heavy (non-hydrogen) atoms. The van der Waals surface area contributed by atoms with E-state index in [2.05, 4.69) is 0 Å². The molecule has 0 amide bonds. The maximum Gasteiger partial charge on any atom is 0.191 e. The van der Waals surface area contributed by atoms with Gasteiger partial charge in [-0.15, -0.1) is 0 Å². The number of Topliss-reactive ketones (excluding diaryl/α,β-unsaturated/α-hetero) is 1. The van der Waals surface area contributed by atoms with Gasteiger partial charge in [0.2, 0.25) is 0 Å². The standard InChI is InChI=1S/C12H16O2/c1-8-6-5-7-11(9(8)2)12(13)10(3)14-4/h5-7,10H,1-4H3. The first kappa shape index (κ1) is 10.9. The fourth-order valence-electron chi connectivity index (χ4n) is 1.34. The van der Waals surface area contributed by atoms with Gasteiger partial charge in [0.15, 0.2) is 5.78 Å². The molecule has 1 aromatic rings. The first-order valence-electron chi connectivity index (χ1n) is 4.71. The van der Waals surface area contributed by atoms with Gasteiger partial charge in [0.25, 0.3) is 0 Å². The van der Waals surface area contributed by atoms with Crippen molar-refractivity contribution in [1.82, 2.24) is 0 Å². The third-order valence-electron chi connectivity index (χ3n) is 2.59. The lowest BCUT2D eigenvalue weighted by molar-refractivity contribution is 0.0655. The summed E-state index contributed by atoms with van der Waals surface area (Å²) in [6.45, 7) is 5.73. The Morgan fingerprint density at radius 3 is 2.57 bits per heavy atom. The SMILES string of the molecule is COC(C)C(=O)c1cccc(C)c1C. The van der Waals surface area contributed by atoms with E-state index in [0.717, 1.165) is 16.7 Å². The summed E-state index contributed by atoms with van der Waals surface area (Å²) in [5, 5.41) is 0. The molecule has 1 aromatic carbocycles. The molecule has 0 aromatic heterocycles. The first-order valence-corrected chi connectivity index (χ1v) is 4.71. The van der Waals surface area contributed by atoms with Crippen molar-refractivity contribution in [2.45, 2.75) is 26.9 Å². The predicted molar refractivity (Wildman–Crippen MR) is 56.7 cm³/mol. The minimum atomic E-state index is -0.365. The van der Waals surface area contributed by atoms with E-state index in [9.17, 15) is 4.79 Å². The number of ether oxygens (including phenoxy) is 1. The summed E-state index contributed by atoms with van der Waals surface area (Å²) in [4.78, 5) is 11.8. The van der Waals surface area contributed by atoms with E-state index in [0.29, 0.717) is 0 Å². The molecule has 0 aliphatic carbocycles. The normalized spacial score (nSPS) is 12.6. The third-order valence-corrected chi connectivity index (χ3v) is 2.59.